The molecule has 0 aliphatic heterocycles. The minimum absolute atomic E-state index is 0.0485. The maximum Gasteiger partial charge on any atom is 0.239 e. The summed E-state index contributed by atoms with van der Waals surface area (Å²) in [5.41, 5.74) is 0. The zero-order valence-corrected chi connectivity index (χ0v) is 11.8. The van der Waals surface area contributed by atoms with Crippen molar-refractivity contribution < 1.29 is 14.4 Å². The minimum atomic E-state index is -0.145. The second-order valence-corrected chi connectivity index (χ2v) is 4.54. The summed E-state index contributed by atoms with van der Waals surface area (Å²) in [5, 5.41) is 15.5. The first kappa shape index (κ1) is 15.7. The zero-order chi connectivity index (χ0) is 14.3. The Hall–Kier alpha value is -1.40. The van der Waals surface area contributed by atoms with Crippen LogP contribution in [0.5, 0.6) is 0 Å². The molecule has 6 heteroatoms. The van der Waals surface area contributed by atoms with Crippen molar-refractivity contribution in [1.29, 1.82) is 0 Å². The van der Waals surface area contributed by atoms with Crippen molar-refractivity contribution in [1.82, 2.24) is 10.1 Å². The number of carbonyl (C=O) groups is 1. The van der Waals surface area contributed by atoms with Crippen molar-refractivity contribution in [2.24, 2.45) is 0 Å². The molecule has 1 rings (SSSR count). The van der Waals surface area contributed by atoms with Gasteiger partial charge in [0.05, 0.1) is 13.2 Å². The number of rotatable bonds is 8. The normalized spacial score (nSPS) is 11.3. The van der Waals surface area contributed by atoms with Crippen molar-refractivity contribution in [3.8, 4) is 0 Å². The van der Waals surface area contributed by atoms with Gasteiger partial charge in [0.25, 0.3) is 0 Å². The fourth-order valence-corrected chi connectivity index (χ4v) is 2.12. The highest BCUT2D eigenvalue weighted by Crippen LogP contribution is 2.10. The van der Waals surface area contributed by atoms with Gasteiger partial charge in [0.2, 0.25) is 5.91 Å². The largest absolute Gasteiger partial charge is 0.395 e. The van der Waals surface area contributed by atoms with E-state index in [-0.39, 0.29) is 19.1 Å². The summed E-state index contributed by atoms with van der Waals surface area (Å²) in [5.74, 6) is 0.937. The van der Waals surface area contributed by atoms with E-state index in [0.29, 0.717) is 24.2 Å². The van der Waals surface area contributed by atoms with E-state index in [2.05, 4.69) is 24.3 Å². The number of aromatic nitrogens is 1. The number of aliphatic hydroxyl groups excluding tert-OH is 1. The molecule has 0 aliphatic carbocycles. The van der Waals surface area contributed by atoms with Gasteiger partial charge in [0, 0.05) is 18.7 Å². The van der Waals surface area contributed by atoms with E-state index < -0.39 is 0 Å². The third kappa shape index (κ3) is 5.00. The lowest BCUT2D eigenvalue weighted by atomic mass is 10.1. The van der Waals surface area contributed by atoms with Gasteiger partial charge in [-0.1, -0.05) is 19.0 Å². The number of hydrogen-bond donors (Lipinski definition) is 2. The molecule has 1 aromatic heterocycles. The van der Waals surface area contributed by atoms with E-state index in [4.69, 9.17) is 9.63 Å². The van der Waals surface area contributed by atoms with Crippen LogP contribution in [0.4, 0.5) is 5.82 Å². The van der Waals surface area contributed by atoms with E-state index in [1.807, 2.05) is 4.90 Å². The molecule has 0 unspecified atom stereocenters. The van der Waals surface area contributed by atoms with Gasteiger partial charge in [-0.05, 0) is 19.8 Å². The summed E-state index contributed by atoms with van der Waals surface area (Å²) in [6.45, 7) is 6.73. The maximum atomic E-state index is 11.9. The van der Waals surface area contributed by atoms with Crippen LogP contribution in [0.2, 0.25) is 0 Å². The third-order valence-electron chi connectivity index (χ3n) is 3.09. The molecular formula is C13H23N3O3. The molecule has 1 amide bonds. The van der Waals surface area contributed by atoms with Gasteiger partial charge >= 0.3 is 0 Å². The Morgan fingerprint density at radius 2 is 2.21 bits per heavy atom. The summed E-state index contributed by atoms with van der Waals surface area (Å²) in [6, 6.07) is 1.97. The van der Waals surface area contributed by atoms with Crippen LogP contribution >= 0.6 is 0 Å². The van der Waals surface area contributed by atoms with Crippen LogP contribution in [0.1, 0.15) is 32.4 Å². The molecule has 0 spiro atoms. The molecule has 1 aromatic rings. The molecule has 19 heavy (non-hydrogen) atoms. The Kier molecular flexibility index (Phi) is 6.52. The molecule has 0 saturated heterocycles. The predicted octanol–water partition coefficient (Wildman–Crippen LogP) is 1.40. The van der Waals surface area contributed by atoms with Crippen LogP contribution in [-0.4, -0.2) is 46.8 Å². The number of hydrogen-bond acceptors (Lipinski definition) is 5. The van der Waals surface area contributed by atoms with Crippen molar-refractivity contribution in [3.63, 3.8) is 0 Å². The molecule has 0 bridgehead atoms. The number of anilines is 1. The van der Waals surface area contributed by atoms with Crippen LogP contribution in [0.15, 0.2) is 10.6 Å². The van der Waals surface area contributed by atoms with Gasteiger partial charge < -0.3 is 14.9 Å². The predicted molar refractivity (Wildman–Crippen MR) is 72.9 cm³/mol. The summed E-state index contributed by atoms with van der Waals surface area (Å²) >= 11 is 0. The van der Waals surface area contributed by atoms with Gasteiger partial charge in [-0.3, -0.25) is 9.69 Å². The highest BCUT2D eigenvalue weighted by atomic mass is 16.5. The summed E-state index contributed by atoms with van der Waals surface area (Å²) in [6.07, 6.45) is 1.90. The Morgan fingerprint density at radius 1 is 1.53 bits per heavy atom. The molecule has 6 nitrogen and oxygen atoms in total. The Bertz CT molecular complexity index is 388. The highest BCUT2D eigenvalue weighted by molar-refractivity contribution is 5.91. The van der Waals surface area contributed by atoms with Crippen LogP contribution in [0, 0.1) is 6.92 Å². The smallest absolute Gasteiger partial charge is 0.239 e. The van der Waals surface area contributed by atoms with Crippen LogP contribution in [0.25, 0.3) is 0 Å². The van der Waals surface area contributed by atoms with E-state index >= 15 is 0 Å². The molecule has 0 saturated carbocycles. The lowest BCUT2D eigenvalue weighted by molar-refractivity contribution is -0.118. The molecular weight excluding hydrogens is 246 g/mol. The zero-order valence-electron chi connectivity index (χ0n) is 11.8. The van der Waals surface area contributed by atoms with Crippen LogP contribution < -0.4 is 5.32 Å². The fraction of sp³-hybridized carbons (Fsp3) is 0.692. The number of nitrogens with zero attached hydrogens (tertiary/aromatic N) is 2. The number of carbonyl (C=O) groups excluding carboxylic acids is 1. The van der Waals surface area contributed by atoms with E-state index in [0.717, 1.165) is 12.8 Å². The summed E-state index contributed by atoms with van der Waals surface area (Å²) in [7, 11) is 0. The average molecular weight is 269 g/mol. The molecule has 0 aromatic carbocycles. The van der Waals surface area contributed by atoms with Crippen molar-refractivity contribution >= 4 is 11.7 Å². The van der Waals surface area contributed by atoms with Crippen molar-refractivity contribution in [3.05, 3.63) is 11.8 Å². The average Bonchev–Trinajstić information content (AvgIpc) is 2.76. The first-order valence-corrected chi connectivity index (χ1v) is 6.68. The molecule has 0 fully saturated rings. The monoisotopic (exact) mass is 269 g/mol. The first-order valence-electron chi connectivity index (χ1n) is 6.68. The fourth-order valence-electron chi connectivity index (χ4n) is 2.12. The summed E-state index contributed by atoms with van der Waals surface area (Å²) < 4.78 is 4.89. The van der Waals surface area contributed by atoms with Gasteiger partial charge in [0.15, 0.2) is 5.82 Å². The van der Waals surface area contributed by atoms with Gasteiger partial charge in [-0.25, -0.2) is 0 Å². The lowest BCUT2D eigenvalue weighted by Gasteiger charge is -2.28. The van der Waals surface area contributed by atoms with E-state index in [1.54, 1.807) is 13.0 Å². The SMILES string of the molecule is CCC(CC)N(CCO)CC(=O)Nc1cc(C)on1. The molecule has 0 aliphatic rings. The number of aryl methyl sites for hydroxylation is 1. The van der Waals surface area contributed by atoms with Crippen LogP contribution in [-0.2, 0) is 4.79 Å². The van der Waals surface area contributed by atoms with Crippen molar-refractivity contribution in [2.45, 2.75) is 39.7 Å². The topological polar surface area (TPSA) is 78.6 Å². The lowest BCUT2D eigenvalue weighted by Crippen LogP contribution is -2.42. The van der Waals surface area contributed by atoms with Gasteiger partial charge in [-0.2, -0.15) is 0 Å². The van der Waals surface area contributed by atoms with Crippen LogP contribution in [0.3, 0.4) is 0 Å². The second kappa shape index (κ2) is 7.91. The van der Waals surface area contributed by atoms with E-state index in [1.165, 1.54) is 0 Å². The molecule has 108 valence electrons. The maximum absolute atomic E-state index is 11.9. The third-order valence-corrected chi connectivity index (χ3v) is 3.09. The Morgan fingerprint density at radius 3 is 2.68 bits per heavy atom. The molecule has 0 atom stereocenters. The quantitative estimate of drug-likeness (QED) is 0.746. The number of nitrogens with one attached hydrogen (secondary N) is 1. The van der Waals surface area contributed by atoms with Crippen molar-refractivity contribution in [2.75, 3.05) is 25.0 Å². The summed E-state index contributed by atoms with van der Waals surface area (Å²) in [4.78, 5) is 13.9. The number of aliphatic hydroxyl groups is 1. The van der Waals surface area contributed by atoms with Gasteiger partial charge in [-0.15, -0.1) is 0 Å². The van der Waals surface area contributed by atoms with E-state index in [9.17, 15) is 4.79 Å². The first-order chi connectivity index (χ1) is 9.10. The molecule has 1 heterocycles. The standard InChI is InChI=1S/C13H23N3O3/c1-4-11(5-2)16(6-7-17)9-13(18)14-12-8-10(3)19-15-12/h8,11,17H,4-7,9H2,1-3H3,(H,14,15,18). The molecule has 2 N–H and O–H groups in total. The minimum Gasteiger partial charge on any atom is -0.395 e. The Balaban J connectivity index is 2.55. The second-order valence-electron chi connectivity index (χ2n) is 4.54. The highest BCUT2D eigenvalue weighted by Gasteiger charge is 2.18. The molecule has 0 radical (unpaired) electrons. The number of amides is 1. The Labute approximate surface area is 113 Å². The van der Waals surface area contributed by atoms with Gasteiger partial charge in [0.1, 0.15) is 5.76 Å².